The number of rotatable bonds is 2. The van der Waals surface area contributed by atoms with Gasteiger partial charge in [-0.2, -0.15) is 0 Å². The molecule has 2 aromatic rings. The van der Waals surface area contributed by atoms with E-state index in [2.05, 4.69) is 15.5 Å². The molecule has 1 saturated heterocycles. The second kappa shape index (κ2) is 4.30. The van der Waals surface area contributed by atoms with E-state index in [9.17, 15) is 8.42 Å². The van der Waals surface area contributed by atoms with Crippen LogP contribution in [0.5, 0.6) is 0 Å². The van der Waals surface area contributed by atoms with Crippen molar-refractivity contribution in [2.75, 3.05) is 17.2 Å². The number of tetrazole rings is 1. The number of nitrogen functional groups attached to an aromatic ring is 1. The van der Waals surface area contributed by atoms with Crippen molar-refractivity contribution in [3.05, 3.63) is 24.3 Å². The molecule has 3 rings (SSSR count). The largest absolute Gasteiger partial charge is 0.398 e. The van der Waals surface area contributed by atoms with E-state index in [4.69, 9.17) is 5.73 Å². The van der Waals surface area contributed by atoms with Crippen LogP contribution in [-0.2, 0) is 9.84 Å². The second-order valence-electron chi connectivity index (χ2n) is 4.59. The third-order valence-electron chi connectivity index (χ3n) is 3.25. The Bertz CT molecular complexity index is 709. The Morgan fingerprint density at radius 2 is 2.11 bits per heavy atom. The minimum Gasteiger partial charge on any atom is -0.398 e. The summed E-state index contributed by atoms with van der Waals surface area (Å²) < 4.78 is 24.7. The summed E-state index contributed by atoms with van der Waals surface area (Å²) in [4.78, 5) is 0. The molecule has 1 unspecified atom stereocenters. The second-order valence-corrected chi connectivity index (χ2v) is 6.82. The summed E-state index contributed by atoms with van der Waals surface area (Å²) in [5, 5.41) is 11.5. The number of aromatic nitrogens is 4. The maximum absolute atomic E-state index is 11.5. The molecule has 0 spiro atoms. The Morgan fingerprint density at radius 1 is 1.32 bits per heavy atom. The molecular formula is C11H13N5O2S. The van der Waals surface area contributed by atoms with Gasteiger partial charge in [0.15, 0.2) is 15.7 Å². The Hall–Kier alpha value is -1.96. The highest BCUT2D eigenvalue weighted by molar-refractivity contribution is 7.91. The van der Waals surface area contributed by atoms with Crippen LogP contribution in [0, 0.1) is 0 Å². The van der Waals surface area contributed by atoms with Crippen LogP contribution >= 0.6 is 0 Å². The summed E-state index contributed by atoms with van der Waals surface area (Å²) in [6.07, 6.45) is 0.535. The molecule has 8 heteroatoms. The van der Waals surface area contributed by atoms with Gasteiger partial charge < -0.3 is 5.73 Å². The molecule has 1 atom stereocenters. The summed E-state index contributed by atoms with van der Waals surface area (Å²) >= 11 is 0. The third-order valence-corrected chi connectivity index (χ3v) is 5.00. The van der Waals surface area contributed by atoms with Crippen LogP contribution in [0.2, 0.25) is 0 Å². The number of hydrogen-bond donors (Lipinski definition) is 1. The van der Waals surface area contributed by atoms with E-state index >= 15 is 0 Å². The number of sulfone groups is 1. The molecule has 100 valence electrons. The monoisotopic (exact) mass is 279 g/mol. The molecule has 7 nitrogen and oxygen atoms in total. The van der Waals surface area contributed by atoms with Crippen LogP contribution in [0.3, 0.4) is 0 Å². The van der Waals surface area contributed by atoms with Crippen LogP contribution in [0.25, 0.3) is 11.4 Å². The fourth-order valence-electron chi connectivity index (χ4n) is 2.29. The Labute approximate surface area is 110 Å². The average molecular weight is 279 g/mol. The van der Waals surface area contributed by atoms with E-state index in [1.165, 1.54) is 0 Å². The van der Waals surface area contributed by atoms with Crippen LogP contribution < -0.4 is 5.73 Å². The molecule has 1 fully saturated rings. The Kier molecular flexibility index (Phi) is 2.74. The quantitative estimate of drug-likeness (QED) is 0.792. The van der Waals surface area contributed by atoms with Gasteiger partial charge in [-0.05, 0) is 29.0 Å². The smallest absolute Gasteiger partial charge is 0.184 e. The number of nitrogens with two attached hydrogens (primary N) is 1. The molecule has 0 saturated carbocycles. The van der Waals surface area contributed by atoms with Crippen molar-refractivity contribution in [1.29, 1.82) is 0 Å². The van der Waals surface area contributed by atoms with Gasteiger partial charge in [-0.3, -0.25) is 0 Å². The van der Waals surface area contributed by atoms with E-state index in [1.54, 1.807) is 10.7 Å². The highest BCUT2D eigenvalue weighted by Crippen LogP contribution is 2.29. The molecule has 2 heterocycles. The van der Waals surface area contributed by atoms with Crippen molar-refractivity contribution in [2.24, 2.45) is 0 Å². The molecule has 2 N–H and O–H groups in total. The first kappa shape index (κ1) is 12.1. The molecule has 1 aromatic heterocycles. The number of anilines is 1. The van der Waals surface area contributed by atoms with Crippen molar-refractivity contribution in [2.45, 2.75) is 12.5 Å². The standard InChI is InChI=1S/C11H13N5O2S/c12-10-4-2-1-3-9(10)11-13-14-15-16(11)8-5-6-19(17,18)7-8/h1-4,8H,5-7,12H2. The first-order valence-electron chi connectivity index (χ1n) is 5.90. The summed E-state index contributed by atoms with van der Waals surface area (Å²) in [5.41, 5.74) is 7.19. The fourth-order valence-corrected chi connectivity index (χ4v) is 3.98. The lowest BCUT2D eigenvalue weighted by Crippen LogP contribution is -2.14. The Morgan fingerprint density at radius 3 is 2.79 bits per heavy atom. The zero-order chi connectivity index (χ0) is 13.5. The molecule has 19 heavy (non-hydrogen) atoms. The van der Waals surface area contributed by atoms with Crippen molar-refractivity contribution >= 4 is 15.5 Å². The first-order valence-corrected chi connectivity index (χ1v) is 7.72. The van der Waals surface area contributed by atoms with E-state index in [0.29, 0.717) is 17.9 Å². The summed E-state index contributed by atoms with van der Waals surface area (Å²) in [7, 11) is -2.98. The maximum Gasteiger partial charge on any atom is 0.184 e. The van der Waals surface area contributed by atoms with Crippen LogP contribution in [0.1, 0.15) is 12.5 Å². The highest BCUT2D eigenvalue weighted by Gasteiger charge is 2.32. The average Bonchev–Trinajstić information content (AvgIpc) is 2.96. The van der Waals surface area contributed by atoms with Gasteiger partial charge in [-0.15, -0.1) is 5.10 Å². The normalized spacial score (nSPS) is 21.6. The molecular weight excluding hydrogens is 266 g/mol. The van der Waals surface area contributed by atoms with Crippen molar-refractivity contribution in [3.63, 3.8) is 0 Å². The van der Waals surface area contributed by atoms with Crippen LogP contribution in [-0.4, -0.2) is 40.1 Å². The molecule has 0 bridgehead atoms. The van der Waals surface area contributed by atoms with Crippen LogP contribution in [0.15, 0.2) is 24.3 Å². The zero-order valence-electron chi connectivity index (χ0n) is 10.1. The van der Waals surface area contributed by atoms with Gasteiger partial charge >= 0.3 is 0 Å². The lowest BCUT2D eigenvalue weighted by atomic mass is 10.1. The maximum atomic E-state index is 11.5. The molecule has 0 radical (unpaired) electrons. The number of nitrogens with zero attached hydrogens (tertiary/aromatic N) is 4. The predicted molar refractivity (Wildman–Crippen MR) is 70.0 cm³/mol. The van der Waals surface area contributed by atoms with Crippen LogP contribution in [0.4, 0.5) is 5.69 Å². The summed E-state index contributed by atoms with van der Waals surface area (Å²) in [5.74, 6) is 0.777. The Balaban J connectivity index is 2.03. The molecule has 1 aliphatic heterocycles. The van der Waals surface area contributed by atoms with E-state index in [0.717, 1.165) is 5.56 Å². The summed E-state index contributed by atoms with van der Waals surface area (Å²) in [6, 6.07) is 7.04. The van der Waals surface area contributed by atoms with E-state index < -0.39 is 9.84 Å². The van der Waals surface area contributed by atoms with Gasteiger partial charge in [0, 0.05) is 11.3 Å². The predicted octanol–water partition coefficient (Wildman–Crippen LogP) is 0.282. The topological polar surface area (TPSA) is 104 Å². The summed E-state index contributed by atoms with van der Waals surface area (Å²) in [6.45, 7) is 0. The zero-order valence-corrected chi connectivity index (χ0v) is 10.9. The van der Waals surface area contributed by atoms with Crippen molar-refractivity contribution in [1.82, 2.24) is 20.2 Å². The van der Waals surface area contributed by atoms with E-state index in [-0.39, 0.29) is 17.5 Å². The van der Waals surface area contributed by atoms with E-state index in [1.807, 2.05) is 18.2 Å². The van der Waals surface area contributed by atoms with Gasteiger partial charge in [0.05, 0.1) is 17.5 Å². The first-order chi connectivity index (χ1) is 9.07. The number of para-hydroxylation sites is 1. The van der Waals surface area contributed by atoms with Gasteiger partial charge in [0.1, 0.15) is 0 Å². The number of hydrogen-bond acceptors (Lipinski definition) is 6. The lowest BCUT2D eigenvalue weighted by molar-refractivity contribution is 0.489. The number of benzene rings is 1. The lowest BCUT2D eigenvalue weighted by Gasteiger charge is -2.11. The van der Waals surface area contributed by atoms with Gasteiger partial charge in [0.25, 0.3) is 0 Å². The van der Waals surface area contributed by atoms with Crippen molar-refractivity contribution < 1.29 is 8.42 Å². The third kappa shape index (κ3) is 2.19. The molecule has 0 amide bonds. The van der Waals surface area contributed by atoms with Gasteiger partial charge in [-0.1, -0.05) is 12.1 Å². The van der Waals surface area contributed by atoms with Crippen molar-refractivity contribution in [3.8, 4) is 11.4 Å². The fraction of sp³-hybridized carbons (Fsp3) is 0.364. The molecule has 0 aliphatic carbocycles. The minimum absolute atomic E-state index is 0.0811. The molecule has 1 aromatic carbocycles. The van der Waals surface area contributed by atoms with Gasteiger partial charge in [-0.25, -0.2) is 13.1 Å². The minimum atomic E-state index is -2.98. The highest BCUT2D eigenvalue weighted by atomic mass is 32.2. The van der Waals surface area contributed by atoms with Gasteiger partial charge in [0.2, 0.25) is 0 Å². The SMILES string of the molecule is Nc1ccccc1-c1nnnn1C1CCS(=O)(=O)C1. The molecule has 1 aliphatic rings.